The summed E-state index contributed by atoms with van der Waals surface area (Å²) in [6, 6.07) is 0. The lowest BCUT2D eigenvalue weighted by atomic mass is 9.87. The van der Waals surface area contributed by atoms with Crippen LogP contribution in [0.15, 0.2) is 0 Å². The Morgan fingerprint density at radius 2 is 1.26 bits per heavy atom. The highest BCUT2D eigenvalue weighted by molar-refractivity contribution is 4.74. The highest BCUT2D eigenvalue weighted by atomic mass is 16.9. The number of rotatable bonds is 12. The lowest BCUT2D eigenvalue weighted by Gasteiger charge is -2.38. The molecule has 0 aliphatic carbocycles. The van der Waals surface area contributed by atoms with Crippen molar-refractivity contribution < 1.29 is 14.2 Å². The summed E-state index contributed by atoms with van der Waals surface area (Å²) in [5.41, 5.74) is 0. The van der Waals surface area contributed by atoms with E-state index in [-0.39, 0.29) is 5.92 Å². The predicted octanol–water partition coefficient (Wildman–Crippen LogP) is 4.60. The molecule has 1 unspecified atom stereocenters. The molecule has 0 spiro atoms. The van der Waals surface area contributed by atoms with Gasteiger partial charge in [-0.3, -0.25) is 0 Å². The van der Waals surface area contributed by atoms with Gasteiger partial charge in [-0.25, -0.2) is 0 Å². The van der Waals surface area contributed by atoms with Gasteiger partial charge < -0.3 is 14.2 Å². The van der Waals surface area contributed by atoms with Crippen LogP contribution in [0.4, 0.5) is 0 Å². The van der Waals surface area contributed by atoms with Gasteiger partial charge in [0.1, 0.15) is 0 Å². The van der Waals surface area contributed by atoms with Crippen molar-refractivity contribution in [2.24, 2.45) is 11.8 Å². The maximum absolute atomic E-state index is 5.51. The summed E-state index contributed by atoms with van der Waals surface area (Å²) in [4.78, 5) is 0. The SMILES string of the molecule is CCCCCCCCC(C(C)C)C(OC)(OC)OC. The molecule has 0 amide bonds. The molecule has 0 rings (SSSR count). The zero-order chi connectivity index (χ0) is 14.7. The first-order valence-corrected chi connectivity index (χ1v) is 7.73. The molecule has 3 nitrogen and oxygen atoms in total. The van der Waals surface area contributed by atoms with Gasteiger partial charge in [0.25, 0.3) is 5.97 Å². The Kier molecular flexibility index (Phi) is 10.6. The third-order valence-electron chi connectivity index (χ3n) is 3.98. The molecule has 0 aliphatic heterocycles. The fourth-order valence-corrected chi connectivity index (χ4v) is 2.77. The molecule has 0 aromatic rings. The van der Waals surface area contributed by atoms with Gasteiger partial charge in [0, 0.05) is 27.2 Å². The molecule has 3 heteroatoms. The summed E-state index contributed by atoms with van der Waals surface area (Å²) in [5, 5.41) is 0. The highest BCUT2D eigenvalue weighted by Gasteiger charge is 2.41. The summed E-state index contributed by atoms with van der Waals surface area (Å²) in [7, 11) is 4.97. The largest absolute Gasteiger partial charge is 0.331 e. The topological polar surface area (TPSA) is 27.7 Å². The summed E-state index contributed by atoms with van der Waals surface area (Å²) in [6.07, 6.45) is 8.92. The second-order valence-electron chi connectivity index (χ2n) is 5.62. The Bertz CT molecular complexity index is 192. The molecule has 0 saturated carbocycles. The number of methoxy groups -OCH3 is 3. The first kappa shape index (κ1) is 18.9. The molecular weight excluding hydrogens is 240 g/mol. The van der Waals surface area contributed by atoms with Gasteiger partial charge in [-0.05, 0) is 12.3 Å². The van der Waals surface area contributed by atoms with Gasteiger partial charge in [0.05, 0.1) is 0 Å². The van der Waals surface area contributed by atoms with Crippen molar-refractivity contribution in [3.8, 4) is 0 Å². The smallest absolute Gasteiger partial charge is 0.285 e. The molecule has 0 heterocycles. The van der Waals surface area contributed by atoms with E-state index in [4.69, 9.17) is 14.2 Å². The molecule has 116 valence electrons. The van der Waals surface area contributed by atoms with Crippen LogP contribution in [-0.4, -0.2) is 27.3 Å². The van der Waals surface area contributed by atoms with Crippen molar-refractivity contribution in [1.29, 1.82) is 0 Å². The van der Waals surface area contributed by atoms with E-state index < -0.39 is 5.97 Å². The maximum atomic E-state index is 5.51. The van der Waals surface area contributed by atoms with E-state index in [0.29, 0.717) is 5.92 Å². The van der Waals surface area contributed by atoms with Crippen molar-refractivity contribution in [2.45, 2.75) is 71.7 Å². The van der Waals surface area contributed by atoms with Gasteiger partial charge in [-0.2, -0.15) is 0 Å². The predicted molar refractivity (Wildman–Crippen MR) is 80.1 cm³/mol. The third kappa shape index (κ3) is 6.24. The van der Waals surface area contributed by atoms with Crippen LogP contribution in [0, 0.1) is 11.8 Å². The lowest BCUT2D eigenvalue weighted by Crippen LogP contribution is -2.46. The zero-order valence-corrected chi connectivity index (χ0v) is 13.8. The summed E-state index contributed by atoms with van der Waals surface area (Å²) in [6.45, 7) is 6.65. The minimum absolute atomic E-state index is 0.263. The third-order valence-corrected chi connectivity index (χ3v) is 3.98. The van der Waals surface area contributed by atoms with E-state index in [1.54, 1.807) is 21.3 Å². The molecule has 0 radical (unpaired) electrons. The fraction of sp³-hybridized carbons (Fsp3) is 1.00. The minimum Gasteiger partial charge on any atom is -0.331 e. The van der Waals surface area contributed by atoms with E-state index in [2.05, 4.69) is 20.8 Å². The van der Waals surface area contributed by atoms with Crippen molar-refractivity contribution in [1.82, 2.24) is 0 Å². The van der Waals surface area contributed by atoms with Crippen LogP contribution < -0.4 is 0 Å². The molecule has 0 bridgehead atoms. The Balaban J connectivity index is 4.25. The zero-order valence-electron chi connectivity index (χ0n) is 13.8. The van der Waals surface area contributed by atoms with Crippen LogP contribution in [0.5, 0.6) is 0 Å². The quantitative estimate of drug-likeness (QED) is 0.384. The first-order chi connectivity index (χ1) is 9.07. The first-order valence-electron chi connectivity index (χ1n) is 7.73. The van der Waals surface area contributed by atoms with Crippen LogP contribution in [-0.2, 0) is 14.2 Å². The molecule has 0 aromatic carbocycles. The summed E-state index contributed by atoms with van der Waals surface area (Å²) < 4.78 is 16.5. The van der Waals surface area contributed by atoms with E-state index in [0.717, 1.165) is 6.42 Å². The monoisotopic (exact) mass is 274 g/mol. The summed E-state index contributed by atoms with van der Waals surface area (Å²) in [5.74, 6) is -0.161. The number of unbranched alkanes of at least 4 members (excludes halogenated alkanes) is 5. The lowest BCUT2D eigenvalue weighted by molar-refractivity contribution is -0.385. The standard InChI is InChI=1S/C16H34O3/c1-7-8-9-10-11-12-13-15(14(2)3)16(17-4,18-5)19-6/h14-15H,7-13H2,1-6H3. The second-order valence-corrected chi connectivity index (χ2v) is 5.62. The average Bonchev–Trinajstić information content (AvgIpc) is 2.42. The maximum Gasteiger partial charge on any atom is 0.285 e. The Hall–Kier alpha value is -0.120. The van der Waals surface area contributed by atoms with Crippen LogP contribution in [0.25, 0.3) is 0 Å². The van der Waals surface area contributed by atoms with E-state index in [1.165, 1.54) is 38.5 Å². The van der Waals surface area contributed by atoms with Gasteiger partial charge in [0.15, 0.2) is 0 Å². The van der Waals surface area contributed by atoms with Crippen molar-refractivity contribution >= 4 is 0 Å². The Morgan fingerprint density at radius 3 is 1.68 bits per heavy atom. The highest BCUT2D eigenvalue weighted by Crippen LogP contribution is 2.34. The van der Waals surface area contributed by atoms with Gasteiger partial charge in [-0.1, -0.05) is 59.3 Å². The van der Waals surface area contributed by atoms with Gasteiger partial charge >= 0.3 is 0 Å². The minimum atomic E-state index is -0.891. The second kappa shape index (κ2) is 10.6. The number of hydrogen-bond donors (Lipinski definition) is 0. The number of ether oxygens (including phenoxy) is 3. The van der Waals surface area contributed by atoms with Crippen molar-refractivity contribution in [3.63, 3.8) is 0 Å². The van der Waals surface area contributed by atoms with E-state index in [1.807, 2.05) is 0 Å². The molecule has 0 saturated heterocycles. The molecular formula is C16H34O3. The molecule has 19 heavy (non-hydrogen) atoms. The van der Waals surface area contributed by atoms with Crippen LogP contribution in [0.2, 0.25) is 0 Å². The van der Waals surface area contributed by atoms with Crippen LogP contribution >= 0.6 is 0 Å². The van der Waals surface area contributed by atoms with Gasteiger partial charge in [0.2, 0.25) is 0 Å². The normalized spacial score (nSPS) is 14.1. The Morgan fingerprint density at radius 1 is 0.789 bits per heavy atom. The molecule has 0 fully saturated rings. The van der Waals surface area contributed by atoms with Crippen molar-refractivity contribution in [2.75, 3.05) is 21.3 Å². The van der Waals surface area contributed by atoms with Crippen LogP contribution in [0.3, 0.4) is 0 Å². The van der Waals surface area contributed by atoms with E-state index >= 15 is 0 Å². The fourth-order valence-electron chi connectivity index (χ4n) is 2.77. The van der Waals surface area contributed by atoms with Gasteiger partial charge in [-0.15, -0.1) is 0 Å². The summed E-state index contributed by atoms with van der Waals surface area (Å²) >= 11 is 0. The Labute approximate surface area is 120 Å². The van der Waals surface area contributed by atoms with Crippen molar-refractivity contribution in [3.05, 3.63) is 0 Å². The molecule has 0 aliphatic rings. The average molecular weight is 274 g/mol. The van der Waals surface area contributed by atoms with Crippen LogP contribution in [0.1, 0.15) is 65.7 Å². The molecule has 0 N–H and O–H groups in total. The number of hydrogen-bond acceptors (Lipinski definition) is 3. The molecule has 1 atom stereocenters. The molecule has 0 aromatic heterocycles. The van der Waals surface area contributed by atoms with E-state index in [9.17, 15) is 0 Å².